The summed E-state index contributed by atoms with van der Waals surface area (Å²) in [6.45, 7) is -1.37. The van der Waals surface area contributed by atoms with Gasteiger partial charge in [-0.05, 0) is 54.1 Å². The molecule has 0 radical (unpaired) electrons. The molecule has 3 aromatic rings. The fourth-order valence-electron chi connectivity index (χ4n) is 3.74. The number of hydrogen-bond donors (Lipinski definition) is 0. The SMILES string of the molecule is O=C(OCCC(F)(F)C(F)(F)S(=O)(=O)ON=C(c1ccc(OCCCOc2ccc(CC(F)(F)F)cc2)cc1)C(F)(F)F)c1ccccc1. The van der Waals surface area contributed by atoms with Crippen molar-refractivity contribution in [2.75, 3.05) is 19.8 Å². The molecule has 0 aliphatic rings. The molecule has 0 atom stereocenters. The van der Waals surface area contributed by atoms with Crippen molar-refractivity contribution in [1.29, 1.82) is 0 Å². The van der Waals surface area contributed by atoms with Crippen LogP contribution in [0.4, 0.5) is 43.9 Å². The smallest absolute Gasteiger partial charge is 0.444 e. The molecule has 0 aromatic heterocycles. The lowest BCUT2D eigenvalue weighted by Gasteiger charge is -2.24. The first-order valence-electron chi connectivity index (χ1n) is 13.8. The number of nitrogens with zero attached hydrogens (tertiary/aromatic N) is 1. The van der Waals surface area contributed by atoms with Gasteiger partial charge in [0.2, 0.25) is 0 Å². The van der Waals surface area contributed by atoms with Crippen molar-refractivity contribution in [3.8, 4) is 11.5 Å². The summed E-state index contributed by atoms with van der Waals surface area (Å²) in [6.07, 6.45) is -12.8. The molecule has 0 aliphatic carbocycles. The minimum absolute atomic E-state index is 0.00513. The molecule has 0 bridgehead atoms. The first kappa shape index (κ1) is 38.9. The topological polar surface area (TPSA) is 100 Å². The molecule has 0 fully saturated rings. The van der Waals surface area contributed by atoms with Crippen LogP contribution in [0.15, 0.2) is 84.0 Å². The maximum absolute atomic E-state index is 14.4. The number of rotatable bonds is 16. The Labute approximate surface area is 272 Å². The molecule has 8 nitrogen and oxygen atoms in total. The van der Waals surface area contributed by atoms with Gasteiger partial charge >= 0.3 is 39.6 Å². The van der Waals surface area contributed by atoms with E-state index in [1.807, 2.05) is 0 Å². The molecule has 0 aliphatic heterocycles. The molecule has 3 rings (SSSR count). The molecule has 49 heavy (non-hydrogen) atoms. The van der Waals surface area contributed by atoms with E-state index < -0.39 is 70.3 Å². The quantitative estimate of drug-likeness (QED) is 0.0489. The highest BCUT2D eigenvalue weighted by atomic mass is 32.2. The monoisotopic (exact) mass is 733 g/mol. The van der Waals surface area contributed by atoms with E-state index in [1.165, 1.54) is 54.6 Å². The fraction of sp³-hybridized carbons (Fsp3) is 0.333. The van der Waals surface area contributed by atoms with Gasteiger partial charge in [-0.3, -0.25) is 4.28 Å². The maximum Gasteiger partial charge on any atom is 0.444 e. The normalized spacial score (nSPS) is 13.1. The van der Waals surface area contributed by atoms with Gasteiger partial charge in [0.05, 0.1) is 38.2 Å². The van der Waals surface area contributed by atoms with Crippen molar-refractivity contribution >= 4 is 21.8 Å². The summed E-state index contributed by atoms with van der Waals surface area (Å²) in [4.78, 5) is 11.8. The number of hydrogen-bond acceptors (Lipinski definition) is 8. The predicted octanol–water partition coefficient (Wildman–Crippen LogP) is 7.73. The first-order chi connectivity index (χ1) is 22.7. The van der Waals surface area contributed by atoms with Gasteiger partial charge < -0.3 is 14.2 Å². The largest absolute Gasteiger partial charge is 0.493 e. The second-order valence-electron chi connectivity index (χ2n) is 9.95. The molecule has 0 saturated carbocycles. The van der Waals surface area contributed by atoms with Gasteiger partial charge in [-0.25, -0.2) is 4.79 Å². The maximum atomic E-state index is 14.4. The van der Waals surface area contributed by atoms with Gasteiger partial charge in [0.1, 0.15) is 11.5 Å². The number of carbonyl (C=O) groups is 1. The van der Waals surface area contributed by atoms with Gasteiger partial charge in [0, 0.05) is 12.0 Å². The van der Waals surface area contributed by atoms with Gasteiger partial charge in [-0.15, -0.1) is 0 Å². The first-order valence-corrected chi connectivity index (χ1v) is 15.2. The molecule has 268 valence electrons. The van der Waals surface area contributed by atoms with Crippen LogP contribution in [0.5, 0.6) is 11.5 Å². The average Bonchev–Trinajstić information content (AvgIpc) is 3.01. The van der Waals surface area contributed by atoms with Crippen molar-refractivity contribution < 1.29 is 75.6 Å². The van der Waals surface area contributed by atoms with Crippen LogP contribution in [-0.4, -0.2) is 63.4 Å². The van der Waals surface area contributed by atoms with E-state index in [4.69, 9.17) is 9.47 Å². The lowest BCUT2D eigenvalue weighted by atomic mass is 10.1. The van der Waals surface area contributed by atoms with E-state index in [-0.39, 0.29) is 42.3 Å². The van der Waals surface area contributed by atoms with E-state index in [9.17, 15) is 57.1 Å². The lowest BCUT2D eigenvalue weighted by Crippen LogP contribution is -2.48. The second-order valence-corrected chi connectivity index (χ2v) is 11.5. The van der Waals surface area contributed by atoms with E-state index in [0.29, 0.717) is 12.1 Å². The molecule has 0 heterocycles. The van der Waals surface area contributed by atoms with Crippen LogP contribution in [0, 0.1) is 0 Å². The van der Waals surface area contributed by atoms with E-state index >= 15 is 0 Å². The minimum atomic E-state index is -6.83. The highest BCUT2D eigenvalue weighted by Gasteiger charge is 2.67. The Morgan fingerprint density at radius 2 is 1.20 bits per heavy atom. The number of halogens is 10. The molecular formula is C30H25F10NO7S. The van der Waals surface area contributed by atoms with Crippen molar-refractivity contribution in [1.82, 2.24) is 0 Å². The van der Waals surface area contributed by atoms with Crippen molar-refractivity contribution in [3.05, 3.63) is 95.6 Å². The summed E-state index contributed by atoms with van der Waals surface area (Å²) in [5.74, 6) is -6.38. The number of benzene rings is 3. The Morgan fingerprint density at radius 3 is 1.71 bits per heavy atom. The van der Waals surface area contributed by atoms with Crippen LogP contribution in [0.2, 0.25) is 0 Å². The third kappa shape index (κ3) is 11.3. The molecule has 0 spiro atoms. The highest BCUT2D eigenvalue weighted by Crippen LogP contribution is 2.42. The number of oxime groups is 1. The van der Waals surface area contributed by atoms with Crippen LogP contribution in [0.25, 0.3) is 0 Å². The summed E-state index contributed by atoms with van der Waals surface area (Å²) in [7, 11) is -6.83. The predicted molar refractivity (Wildman–Crippen MR) is 152 cm³/mol. The van der Waals surface area contributed by atoms with E-state index in [1.54, 1.807) is 0 Å². The Kier molecular flexibility index (Phi) is 12.5. The summed E-state index contributed by atoms with van der Waals surface area (Å²) in [6, 6.07) is 15.3. The van der Waals surface area contributed by atoms with Gasteiger partial charge in [0.15, 0.2) is 5.71 Å². The third-order valence-electron chi connectivity index (χ3n) is 6.18. The summed E-state index contributed by atoms with van der Waals surface area (Å²) in [5.41, 5.74) is -3.15. The molecule has 0 unspecified atom stereocenters. The molecule has 19 heteroatoms. The molecule has 0 N–H and O–H groups in total. The number of ether oxygens (including phenoxy) is 3. The average molecular weight is 734 g/mol. The Morgan fingerprint density at radius 1 is 0.673 bits per heavy atom. The molecule has 0 saturated heterocycles. The van der Waals surface area contributed by atoms with Gasteiger partial charge in [0.25, 0.3) is 0 Å². The third-order valence-corrected chi connectivity index (χ3v) is 7.37. The van der Waals surface area contributed by atoms with Gasteiger partial charge in [-0.2, -0.15) is 52.3 Å². The summed E-state index contributed by atoms with van der Waals surface area (Å²) < 4.78 is 178. The zero-order valence-electron chi connectivity index (χ0n) is 24.7. The molecule has 0 amide bonds. The highest BCUT2D eigenvalue weighted by molar-refractivity contribution is 7.87. The Balaban J connectivity index is 1.56. The number of alkyl halides is 10. The van der Waals surface area contributed by atoms with Gasteiger partial charge in [-0.1, -0.05) is 35.5 Å². The minimum Gasteiger partial charge on any atom is -0.493 e. The number of esters is 1. The number of carbonyl (C=O) groups excluding carboxylic acids is 1. The summed E-state index contributed by atoms with van der Waals surface area (Å²) >= 11 is 0. The van der Waals surface area contributed by atoms with E-state index in [2.05, 4.69) is 14.2 Å². The molecular weight excluding hydrogens is 708 g/mol. The Bertz CT molecular complexity index is 1660. The van der Waals surface area contributed by atoms with E-state index in [0.717, 1.165) is 12.1 Å². The lowest BCUT2D eigenvalue weighted by molar-refractivity contribution is -0.169. The molecule has 3 aromatic carbocycles. The van der Waals surface area contributed by atoms with Crippen molar-refractivity contribution in [2.45, 2.75) is 42.8 Å². The van der Waals surface area contributed by atoms with Crippen LogP contribution in [-0.2, 0) is 25.6 Å². The zero-order chi connectivity index (χ0) is 36.5. The van der Waals surface area contributed by atoms with Crippen LogP contribution >= 0.6 is 0 Å². The standard InChI is InChI=1S/C30H25F10NO7S/c31-27(32,15-18-47-26(42)22-5-2-1-3-6-22)30(39,40)49(43,44)48-41-25(29(36,37)38)21-9-13-24(14-10-21)46-17-4-16-45-23-11-7-20(8-12-23)19-28(33,34)35/h1-3,5-14H,4,15-19H2. The fourth-order valence-corrected chi connectivity index (χ4v) is 4.48. The van der Waals surface area contributed by atoms with Crippen molar-refractivity contribution in [2.24, 2.45) is 5.16 Å². The van der Waals surface area contributed by atoms with Crippen LogP contribution in [0.1, 0.15) is 34.3 Å². The zero-order valence-corrected chi connectivity index (χ0v) is 25.6. The van der Waals surface area contributed by atoms with Crippen molar-refractivity contribution in [3.63, 3.8) is 0 Å². The van der Waals surface area contributed by atoms with Crippen LogP contribution < -0.4 is 9.47 Å². The second kappa shape index (κ2) is 15.8. The van der Waals surface area contributed by atoms with Crippen LogP contribution in [0.3, 0.4) is 0 Å². The Hall–Kier alpha value is -4.55. The summed E-state index contributed by atoms with van der Waals surface area (Å²) in [5, 5.41) is -3.88.